The van der Waals surface area contributed by atoms with Gasteiger partial charge in [-0.3, -0.25) is 14.9 Å². The zero-order chi connectivity index (χ0) is 15.4. The van der Waals surface area contributed by atoms with Crippen LogP contribution in [0.25, 0.3) is 0 Å². The predicted molar refractivity (Wildman–Crippen MR) is 81.8 cm³/mol. The molecule has 114 valence electrons. The number of nitrogens with one attached hydrogen (secondary N) is 1. The van der Waals surface area contributed by atoms with Crippen LogP contribution in [-0.4, -0.2) is 22.2 Å². The topological polar surface area (TPSA) is 72.2 Å². The Bertz CT molecular complexity index is 548. The van der Waals surface area contributed by atoms with E-state index in [0.29, 0.717) is 5.56 Å². The lowest BCUT2D eigenvalue weighted by atomic mass is 10.1. The molecule has 0 radical (unpaired) electrons. The van der Waals surface area contributed by atoms with Gasteiger partial charge in [-0.15, -0.1) is 11.6 Å². The first-order valence-electron chi connectivity index (χ1n) is 7.19. The molecule has 21 heavy (non-hydrogen) atoms. The van der Waals surface area contributed by atoms with Gasteiger partial charge < -0.3 is 5.32 Å². The van der Waals surface area contributed by atoms with Gasteiger partial charge >= 0.3 is 0 Å². The van der Waals surface area contributed by atoms with Gasteiger partial charge in [0.2, 0.25) is 0 Å². The maximum Gasteiger partial charge on any atom is 0.285 e. The minimum atomic E-state index is -0.504. The van der Waals surface area contributed by atoms with E-state index in [2.05, 4.69) is 5.32 Å². The average molecular weight is 311 g/mol. The first-order chi connectivity index (χ1) is 10.0. The lowest BCUT2D eigenvalue weighted by Gasteiger charge is -2.21. The number of alkyl halides is 1. The highest BCUT2D eigenvalue weighted by molar-refractivity contribution is 6.21. The maximum atomic E-state index is 12.4. The number of carbonyl (C=O) groups is 1. The summed E-state index contributed by atoms with van der Waals surface area (Å²) in [6.07, 6.45) is 4.87. The number of rotatable bonds is 3. The maximum absolute atomic E-state index is 12.4. The van der Waals surface area contributed by atoms with E-state index in [1.165, 1.54) is 6.07 Å². The number of amides is 1. The molecule has 0 spiro atoms. The molecule has 1 fully saturated rings. The molecule has 1 saturated carbocycles. The Hall–Kier alpha value is -1.62. The highest BCUT2D eigenvalue weighted by atomic mass is 35.5. The summed E-state index contributed by atoms with van der Waals surface area (Å²) in [6.45, 7) is 1.63. The molecular formula is C15H19ClN2O3. The second kappa shape index (κ2) is 6.89. The molecule has 0 aromatic heterocycles. The van der Waals surface area contributed by atoms with E-state index in [1.54, 1.807) is 19.1 Å². The summed E-state index contributed by atoms with van der Waals surface area (Å²) in [5.41, 5.74) is 0.457. The second-order valence-corrected chi connectivity index (χ2v) is 6.02. The third-order valence-corrected chi connectivity index (χ3v) is 4.44. The number of nitrogens with zero attached hydrogens (tertiary/aromatic N) is 1. The van der Waals surface area contributed by atoms with Crippen molar-refractivity contribution in [1.29, 1.82) is 0 Å². The van der Waals surface area contributed by atoms with Crippen molar-refractivity contribution in [3.05, 3.63) is 39.4 Å². The minimum absolute atomic E-state index is 0.105. The molecule has 1 N–H and O–H groups in total. The predicted octanol–water partition coefficient (Wildman–Crippen LogP) is 3.57. The smallest absolute Gasteiger partial charge is 0.285 e. The van der Waals surface area contributed by atoms with Crippen molar-refractivity contribution >= 4 is 23.2 Å². The fourth-order valence-corrected chi connectivity index (χ4v) is 3.10. The van der Waals surface area contributed by atoms with Gasteiger partial charge in [0.25, 0.3) is 11.6 Å². The Balaban J connectivity index is 2.20. The lowest BCUT2D eigenvalue weighted by Crippen LogP contribution is -2.40. The van der Waals surface area contributed by atoms with Crippen molar-refractivity contribution < 1.29 is 9.72 Å². The van der Waals surface area contributed by atoms with Crippen molar-refractivity contribution in [3.8, 4) is 0 Å². The molecule has 1 aliphatic carbocycles. The van der Waals surface area contributed by atoms with E-state index in [0.717, 1.165) is 32.1 Å². The molecule has 1 aromatic rings. The third kappa shape index (κ3) is 3.73. The number of nitro benzene ring substituents is 1. The molecule has 5 nitrogen and oxygen atoms in total. The van der Waals surface area contributed by atoms with Crippen molar-refractivity contribution in [2.24, 2.45) is 0 Å². The van der Waals surface area contributed by atoms with Crippen molar-refractivity contribution in [1.82, 2.24) is 5.32 Å². The summed E-state index contributed by atoms with van der Waals surface area (Å²) < 4.78 is 0. The lowest BCUT2D eigenvalue weighted by molar-refractivity contribution is -0.385. The number of benzene rings is 1. The van der Waals surface area contributed by atoms with Gasteiger partial charge in [-0.25, -0.2) is 0 Å². The Morgan fingerprint density at radius 1 is 1.33 bits per heavy atom. The van der Waals surface area contributed by atoms with Crippen molar-refractivity contribution in [2.45, 2.75) is 50.4 Å². The molecule has 2 unspecified atom stereocenters. The third-order valence-electron chi connectivity index (χ3n) is 3.91. The van der Waals surface area contributed by atoms with Crippen molar-refractivity contribution in [3.63, 3.8) is 0 Å². The van der Waals surface area contributed by atoms with Gasteiger partial charge in [0.1, 0.15) is 5.56 Å². The standard InChI is InChI=1S/C15H19ClN2O3/c1-10-6-5-7-11(14(10)18(20)21)15(19)17-13-9-4-2-3-8-12(13)16/h5-7,12-13H,2-4,8-9H2,1H3,(H,17,19). The van der Waals surface area contributed by atoms with Gasteiger partial charge in [0.15, 0.2) is 0 Å². The Morgan fingerprint density at radius 2 is 2.05 bits per heavy atom. The van der Waals surface area contributed by atoms with Gasteiger partial charge in [0.05, 0.1) is 10.3 Å². The zero-order valence-corrected chi connectivity index (χ0v) is 12.7. The van der Waals surface area contributed by atoms with Gasteiger partial charge in [-0.1, -0.05) is 31.4 Å². The number of hydrogen-bond acceptors (Lipinski definition) is 3. The van der Waals surface area contributed by atoms with Crippen LogP contribution >= 0.6 is 11.6 Å². The molecule has 0 heterocycles. The van der Waals surface area contributed by atoms with Crippen LogP contribution < -0.4 is 5.32 Å². The summed E-state index contributed by atoms with van der Waals surface area (Å²) in [5.74, 6) is -0.414. The molecule has 2 rings (SSSR count). The average Bonchev–Trinajstić information content (AvgIpc) is 2.63. The van der Waals surface area contributed by atoms with Crippen LogP contribution in [0.2, 0.25) is 0 Å². The molecule has 1 amide bonds. The Morgan fingerprint density at radius 3 is 2.76 bits per heavy atom. The first kappa shape index (κ1) is 15.8. The number of hydrogen-bond donors (Lipinski definition) is 1. The van der Waals surface area contributed by atoms with Crippen LogP contribution in [0.15, 0.2) is 18.2 Å². The SMILES string of the molecule is Cc1cccc(C(=O)NC2CCCCCC2Cl)c1[N+](=O)[O-]. The quantitative estimate of drug-likeness (QED) is 0.401. The summed E-state index contributed by atoms with van der Waals surface area (Å²) in [5, 5.41) is 13.9. The van der Waals surface area contributed by atoms with Crippen LogP contribution in [0.1, 0.15) is 48.0 Å². The number of halogens is 1. The summed E-state index contributed by atoms with van der Waals surface area (Å²) in [7, 11) is 0. The number of nitro groups is 1. The number of para-hydroxylation sites is 1. The molecule has 6 heteroatoms. The second-order valence-electron chi connectivity index (χ2n) is 5.46. The monoisotopic (exact) mass is 310 g/mol. The van der Waals surface area contributed by atoms with E-state index in [1.807, 2.05) is 0 Å². The van der Waals surface area contributed by atoms with Gasteiger partial charge in [-0.05, 0) is 25.8 Å². The highest BCUT2D eigenvalue weighted by Gasteiger charge is 2.27. The minimum Gasteiger partial charge on any atom is -0.348 e. The van der Waals surface area contributed by atoms with E-state index in [-0.39, 0.29) is 22.7 Å². The summed E-state index contributed by atoms with van der Waals surface area (Å²) in [6, 6.07) is 4.65. The molecule has 2 atom stereocenters. The molecule has 0 aliphatic heterocycles. The van der Waals surface area contributed by atoms with Crippen LogP contribution in [0, 0.1) is 17.0 Å². The largest absolute Gasteiger partial charge is 0.348 e. The molecule has 1 aliphatic rings. The molecular weight excluding hydrogens is 292 g/mol. The highest BCUT2D eigenvalue weighted by Crippen LogP contribution is 2.25. The zero-order valence-electron chi connectivity index (χ0n) is 12.0. The molecule has 1 aromatic carbocycles. The van der Waals surface area contributed by atoms with E-state index >= 15 is 0 Å². The summed E-state index contributed by atoms with van der Waals surface area (Å²) >= 11 is 6.30. The normalized spacial score (nSPS) is 22.4. The molecule has 0 saturated heterocycles. The van der Waals surface area contributed by atoms with Gasteiger partial charge in [-0.2, -0.15) is 0 Å². The first-order valence-corrected chi connectivity index (χ1v) is 7.63. The fourth-order valence-electron chi connectivity index (χ4n) is 2.76. The Kier molecular flexibility index (Phi) is 5.17. The fraction of sp³-hybridized carbons (Fsp3) is 0.533. The van der Waals surface area contributed by atoms with Crippen LogP contribution in [0.5, 0.6) is 0 Å². The van der Waals surface area contributed by atoms with E-state index in [9.17, 15) is 14.9 Å². The number of carbonyl (C=O) groups excluding carboxylic acids is 1. The van der Waals surface area contributed by atoms with Crippen LogP contribution in [-0.2, 0) is 0 Å². The van der Waals surface area contributed by atoms with Crippen LogP contribution in [0.3, 0.4) is 0 Å². The van der Waals surface area contributed by atoms with Gasteiger partial charge in [0, 0.05) is 11.6 Å². The Labute approximate surface area is 128 Å². The number of aryl methyl sites for hydroxylation is 1. The molecule has 0 bridgehead atoms. The summed E-state index contributed by atoms with van der Waals surface area (Å²) in [4.78, 5) is 23.0. The van der Waals surface area contributed by atoms with Crippen LogP contribution in [0.4, 0.5) is 5.69 Å². The van der Waals surface area contributed by atoms with E-state index < -0.39 is 10.8 Å². The van der Waals surface area contributed by atoms with E-state index in [4.69, 9.17) is 11.6 Å². The van der Waals surface area contributed by atoms with Crippen molar-refractivity contribution in [2.75, 3.05) is 0 Å².